The highest BCUT2D eigenvalue weighted by molar-refractivity contribution is 6.08. The van der Waals surface area contributed by atoms with E-state index in [-0.39, 0.29) is 18.4 Å². The van der Waals surface area contributed by atoms with E-state index in [9.17, 15) is 14.4 Å². The molecule has 2 amide bonds. The van der Waals surface area contributed by atoms with Crippen LogP contribution in [0.15, 0.2) is 48.5 Å². The Bertz CT molecular complexity index is 846. The lowest BCUT2D eigenvalue weighted by molar-refractivity contribution is -0.128. The predicted octanol–water partition coefficient (Wildman–Crippen LogP) is 3.24. The second-order valence-electron chi connectivity index (χ2n) is 6.34. The number of carbonyl (C=O) groups excluding carboxylic acids is 3. The van der Waals surface area contributed by atoms with E-state index in [2.05, 4.69) is 5.32 Å². The fourth-order valence-corrected chi connectivity index (χ4v) is 3.03. The molecular formula is C21H22N2O4. The molecule has 140 valence electrons. The number of hydrogen-bond donors (Lipinski definition) is 1. The van der Waals surface area contributed by atoms with Gasteiger partial charge >= 0.3 is 5.97 Å². The topological polar surface area (TPSA) is 75.7 Å². The van der Waals surface area contributed by atoms with Crippen molar-refractivity contribution in [3.63, 3.8) is 0 Å². The summed E-state index contributed by atoms with van der Waals surface area (Å²) < 4.78 is 5.02. The molecule has 0 radical (unpaired) electrons. The number of rotatable bonds is 6. The third-order valence-corrected chi connectivity index (χ3v) is 4.43. The molecule has 1 N–H and O–H groups in total. The second kappa shape index (κ2) is 8.49. The lowest BCUT2D eigenvalue weighted by atomic mass is 10.1. The molecule has 2 aromatic rings. The summed E-state index contributed by atoms with van der Waals surface area (Å²) in [7, 11) is 0. The molecule has 0 bridgehead atoms. The van der Waals surface area contributed by atoms with Crippen LogP contribution in [0, 0.1) is 0 Å². The molecular weight excluding hydrogens is 344 g/mol. The van der Waals surface area contributed by atoms with Gasteiger partial charge in [-0.15, -0.1) is 0 Å². The zero-order valence-electron chi connectivity index (χ0n) is 15.2. The first-order chi connectivity index (χ1) is 13.1. The Balaban J connectivity index is 1.68. The minimum Gasteiger partial charge on any atom is -0.462 e. The average molecular weight is 366 g/mol. The number of amides is 2. The van der Waals surface area contributed by atoms with Crippen molar-refractivity contribution < 1.29 is 19.1 Å². The van der Waals surface area contributed by atoms with Gasteiger partial charge in [0.05, 0.1) is 17.9 Å². The minimum atomic E-state index is -0.473. The van der Waals surface area contributed by atoms with Crippen LogP contribution >= 0.6 is 0 Å². The van der Waals surface area contributed by atoms with Crippen LogP contribution < -0.4 is 5.32 Å². The van der Waals surface area contributed by atoms with Gasteiger partial charge in [0.25, 0.3) is 5.91 Å². The number of para-hydroxylation sites is 1. The Morgan fingerprint density at radius 1 is 1.11 bits per heavy atom. The smallest absolute Gasteiger partial charge is 0.340 e. The van der Waals surface area contributed by atoms with Gasteiger partial charge in [0, 0.05) is 25.1 Å². The van der Waals surface area contributed by atoms with Crippen LogP contribution in [0.1, 0.15) is 46.0 Å². The molecule has 1 saturated heterocycles. The van der Waals surface area contributed by atoms with Crippen molar-refractivity contribution in [1.82, 2.24) is 4.90 Å². The van der Waals surface area contributed by atoms with Crippen LogP contribution in [0.4, 0.5) is 5.69 Å². The first kappa shape index (κ1) is 18.6. The molecule has 0 saturated carbocycles. The maximum Gasteiger partial charge on any atom is 0.340 e. The lowest BCUT2D eigenvalue weighted by Crippen LogP contribution is -2.23. The lowest BCUT2D eigenvalue weighted by Gasteiger charge is -2.15. The summed E-state index contributed by atoms with van der Waals surface area (Å²) in [6.45, 7) is 3.34. The van der Waals surface area contributed by atoms with Crippen molar-refractivity contribution in [2.45, 2.75) is 26.3 Å². The molecule has 0 aromatic heterocycles. The van der Waals surface area contributed by atoms with Crippen LogP contribution in [-0.2, 0) is 16.1 Å². The monoisotopic (exact) mass is 366 g/mol. The molecule has 2 aromatic carbocycles. The van der Waals surface area contributed by atoms with Crippen molar-refractivity contribution in [3.8, 4) is 0 Å². The van der Waals surface area contributed by atoms with E-state index in [0.29, 0.717) is 29.8 Å². The van der Waals surface area contributed by atoms with Crippen molar-refractivity contribution in [2.24, 2.45) is 0 Å². The fourth-order valence-electron chi connectivity index (χ4n) is 3.03. The maximum atomic E-state index is 12.5. The van der Waals surface area contributed by atoms with E-state index in [1.807, 2.05) is 17.0 Å². The number of nitrogens with one attached hydrogen (secondary N) is 1. The number of ether oxygens (including phenoxy) is 1. The largest absolute Gasteiger partial charge is 0.462 e. The van der Waals surface area contributed by atoms with Gasteiger partial charge in [-0.2, -0.15) is 0 Å². The molecule has 1 heterocycles. The van der Waals surface area contributed by atoms with Crippen LogP contribution in [0.3, 0.4) is 0 Å². The van der Waals surface area contributed by atoms with E-state index in [4.69, 9.17) is 4.74 Å². The van der Waals surface area contributed by atoms with Crippen LogP contribution in [0.25, 0.3) is 0 Å². The summed E-state index contributed by atoms with van der Waals surface area (Å²) in [6, 6.07) is 13.9. The molecule has 27 heavy (non-hydrogen) atoms. The van der Waals surface area contributed by atoms with E-state index in [1.165, 1.54) is 0 Å². The van der Waals surface area contributed by atoms with Gasteiger partial charge in [0.1, 0.15) is 0 Å². The summed E-state index contributed by atoms with van der Waals surface area (Å²) in [5.74, 6) is -0.609. The number of hydrogen-bond acceptors (Lipinski definition) is 4. The Labute approximate surface area is 158 Å². The maximum absolute atomic E-state index is 12.5. The first-order valence-electron chi connectivity index (χ1n) is 9.02. The average Bonchev–Trinajstić information content (AvgIpc) is 3.07. The van der Waals surface area contributed by atoms with Crippen LogP contribution in [-0.4, -0.2) is 35.8 Å². The van der Waals surface area contributed by atoms with Gasteiger partial charge in [0.15, 0.2) is 0 Å². The van der Waals surface area contributed by atoms with E-state index < -0.39 is 5.97 Å². The molecule has 0 spiro atoms. The molecule has 1 fully saturated rings. The Morgan fingerprint density at radius 2 is 1.85 bits per heavy atom. The SMILES string of the molecule is CCOC(=O)c1ccccc1NC(=O)c1ccc(CN2CCCC2=O)cc1. The minimum absolute atomic E-state index is 0.174. The van der Waals surface area contributed by atoms with Gasteiger partial charge in [-0.3, -0.25) is 9.59 Å². The standard InChI is InChI=1S/C21H22N2O4/c1-2-27-21(26)17-6-3-4-7-18(17)22-20(25)16-11-9-15(10-12-16)14-23-13-5-8-19(23)24/h3-4,6-7,9-12H,2,5,8,13-14H2,1H3,(H,22,25). The van der Waals surface area contributed by atoms with Gasteiger partial charge in [0.2, 0.25) is 5.91 Å². The summed E-state index contributed by atoms with van der Waals surface area (Å²) in [5.41, 5.74) is 2.18. The number of nitrogens with zero attached hydrogens (tertiary/aromatic N) is 1. The number of esters is 1. The number of benzene rings is 2. The van der Waals surface area contributed by atoms with Crippen molar-refractivity contribution in [3.05, 3.63) is 65.2 Å². The zero-order chi connectivity index (χ0) is 19.2. The summed E-state index contributed by atoms with van der Waals surface area (Å²) in [5, 5.41) is 2.76. The number of likely N-dealkylation sites (tertiary alicyclic amines) is 1. The highest BCUT2D eigenvalue weighted by Gasteiger charge is 2.20. The molecule has 6 heteroatoms. The molecule has 3 rings (SSSR count). The van der Waals surface area contributed by atoms with Crippen molar-refractivity contribution in [1.29, 1.82) is 0 Å². The van der Waals surface area contributed by atoms with E-state index in [0.717, 1.165) is 18.5 Å². The molecule has 6 nitrogen and oxygen atoms in total. The fraction of sp³-hybridized carbons (Fsp3) is 0.286. The summed E-state index contributed by atoms with van der Waals surface area (Å²) >= 11 is 0. The highest BCUT2D eigenvalue weighted by atomic mass is 16.5. The van der Waals surface area contributed by atoms with E-state index >= 15 is 0 Å². The normalized spacial score (nSPS) is 13.5. The third kappa shape index (κ3) is 4.53. The van der Waals surface area contributed by atoms with Crippen molar-refractivity contribution in [2.75, 3.05) is 18.5 Å². The quantitative estimate of drug-likeness (QED) is 0.797. The Morgan fingerprint density at radius 3 is 2.52 bits per heavy atom. The van der Waals surface area contributed by atoms with Gasteiger partial charge in [-0.1, -0.05) is 24.3 Å². The number of anilines is 1. The molecule has 0 unspecified atom stereocenters. The molecule has 0 aliphatic carbocycles. The van der Waals surface area contributed by atoms with Crippen LogP contribution in [0.5, 0.6) is 0 Å². The molecule has 0 atom stereocenters. The molecule has 1 aliphatic rings. The van der Waals surface area contributed by atoms with E-state index in [1.54, 1.807) is 43.3 Å². The number of carbonyl (C=O) groups is 3. The third-order valence-electron chi connectivity index (χ3n) is 4.43. The van der Waals surface area contributed by atoms with Gasteiger partial charge in [-0.05, 0) is 43.2 Å². The summed E-state index contributed by atoms with van der Waals surface area (Å²) in [6.07, 6.45) is 1.51. The second-order valence-corrected chi connectivity index (χ2v) is 6.34. The van der Waals surface area contributed by atoms with Crippen molar-refractivity contribution >= 4 is 23.5 Å². The first-order valence-corrected chi connectivity index (χ1v) is 9.02. The molecule has 1 aliphatic heterocycles. The Hall–Kier alpha value is -3.15. The predicted molar refractivity (Wildman–Crippen MR) is 101 cm³/mol. The van der Waals surface area contributed by atoms with Gasteiger partial charge in [-0.25, -0.2) is 4.79 Å². The zero-order valence-corrected chi connectivity index (χ0v) is 15.2. The highest BCUT2D eigenvalue weighted by Crippen LogP contribution is 2.19. The summed E-state index contributed by atoms with van der Waals surface area (Å²) in [4.78, 5) is 38.1. The van der Waals surface area contributed by atoms with Gasteiger partial charge < -0.3 is 15.0 Å². The Kier molecular flexibility index (Phi) is 5.86. The van der Waals surface area contributed by atoms with Crippen LogP contribution in [0.2, 0.25) is 0 Å².